The molecule has 1 amide bonds. The number of ether oxygens (including phenoxy) is 1. The molecule has 1 saturated heterocycles. The summed E-state index contributed by atoms with van der Waals surface area (Å²) < 4.78 is 5.11. The molecule has 102 valence electrons. The molecule has 6 heteroatoms. The number of amides is 1. The molecule has 1 rings (SSSR count). The summed E-state index contributed by atoms with van der Waals surface area (Å²) >= 11 is 0. The molecule has 0 saturated carbocycles. The van der Waals surface area contributed by atoms with E-state index in [0.717, 1.165) is 4.90 Å². The van der Waals surface area contributed by atoms with Crippen LogP contribution in [0.4, 0.5) is 4.79 Å². The summed E-state index contributed by atoms with van der Waals surface area (Å²) in [5.41, 5.74) is -0.172. The second-order valence-electron chi connectivity index (χ2n) is 5.67. The normalized spacial score (nSPS) is 20.7. The average molecular weight is 257 g/mol. The van der Waals surface area contributed by atoms with Crippen molar-refractivity contribution in [1.82, 2.24) is 4.90 Å². The molecule has 0 bridgehead atoms. The Hall–Kier alpha value is -1.59. The topological polar surface area (TPSA) is 83.9 Å². The zero-order valence-electron chi connectivity index (χ0n) is 10.9. The largest absolute Gasteiger partial charge is 0.465 e. The summed E-state index contributed by atoms with van der Waals surface area (Å²) in [5.74, 6) is -0.739. The highest BCUT2D eigenvalue weighted by atomic mass is 16.5. The molecule has 1 aliphatic rings. The Bertz CT molecular complexity index is 358. The monoisotopic (exact) mass is 257 g/mol. The highest BCUT2D eigenvalue weighted by Crippen LogP contribution is 2.19. The fraction of sp³-hybridized carbons (Fsp3) is 0.750. The third-order valence-electron chi connectivity index (χ3n) is 2.58. The van der Waals surface area contributed by atoms with Gasteiger partial charge in [0.2, 0.25) is 0 Å². The van der Waals surface area contributed by atoms with Crippen molar-refractivity contribution in [2.45, 2.75) is 39.7 Å². The van der Waals surface area contributed by atoms with E-state index in [2.05, 4.69) is 0 Å². The van der Waals surface area contributed by atoms with Gasteiger partial charge in [-0.1, -0.05) is 20.8 Å². The summed E-state index contributed by atoms with van der Waals surface area (Å²) in [6.07, 6.45) is -0.839. The van der Waals surface area contributed by atoms with Gasteiger partial charge in [-0.25, -0.2) is 9.59 Å². The second-order valence-corrected chi connectivity index (χ2v) is 5.67. The number of carbonyl (C=O) groups is 3. The van der Waals surface area contributed by atoms with Crippen molar-refractivity contribution in [3.8, 4) is 0 Å². The Labute approximate surface area is 106 Å². The molecule has 0 radical (unpaired) electrons. The van der Waals surface area contributed by atoms with Crippen LogP contribution in [0.3, 0.4) is 0 Å². The van der Waals surface area contributed by atoms with Crippen LogP contribution in [0.25, 0.3) is 0 Å². The van der Waals surface area contributed by atoms with Crippen molar-refractivity contribution in [3.63, 3.8) is 0 Å². The lowest BCUT2D eigenvalue weighted by Gasteiger charge is -2.31. The summed E-state index contributed by atoms with van der Waals surface area (Å²) in [7, 11) is 0. The fourth-order valence-corrected chi connectivity index (χ4v) is 1.66. The maximum atomic E-state index is 11.8. The summed E-state index contributed by atoms with van der Waals surface area (Å²) in [5, 5.41) is 8.97. The minimum atomic E-state index is -1.26. The van der Waals surface area contributed by atoms with Gasteiger partial charge in [0, 0.05) is 6.42 Å². The maximum absolute atomic E-state index is 11.8. The van der Waals surface area contributed by atoms with Gasteiger partial charge in [-0.2, -0.15) is 0 Å². The predicted octanol–water partition coefficient (Wildman–Crippen LogP) is 1.29. The molecule has 1 unspecified atom stereocenters. The van der Waals surface area contributed by atoms with Gasteiger partial charge >= 0.3 is 12.1 Å². The predicted molar refractivity (Wildman–Crippen MR) is 63.2 cm³/mol. The summed E-state index contributed by atoms with van der Waals surface area (Å²) in [6.45, 7) is 5.74. The van der Waals surface area contributed by atoms with E-state index in [-0.39, 0.29) is 37.2 Å². The van der Waals surface area contributed by atoms with Crippen LogP contribution in [0.15, 0.2) is 0 Å². The van der Waals surface area contributed by atoms with Gasteiger partial charge in [-0.3, -0.25) is 9.69 Å². The first-order valence-electron chi connectivity index (χ1n) is 5.88. The van der Waals surface area contributed by atoms with E-state index < -0.39 is 18.1 Å². The Morgan fingerprint density at radius 3 is 2.56 bits per heavy atom. The van der Waals surface area contributed by atoms with E-state index in [0.29, 0.717) is 0 Å². The van der Waals surface area contributed by atoms with Crippen LogP contribution in [-0.4, -0.2) is 47.0 Å². The number of nitrogens with zero attached hydrogens (tertiary/aromatic N) is 1. The summed E-state index contributed by atoms with van der Waals surface area (Å²) in [6, 6.07) is -0.859. The van der Waals surface area contributed by atoms with Crippen LogP contribution in [0.5, 0.6) is 0 Å². The number of esters is 1. The van der Waals surface area contributed by atoms with E-state index >= 15 is 0 Å². The lowest BCUT2D eigenvalue weighted by Crippen LogP contribution is -2.51. The van der Waals surface area contributed by atoms with Crippen molar-refractivity contribution >= 4 is 17.8 Å². The number of ketones is 1. The lowest BCUT2D eigenvalue weighted by atomic mass is 9.98. The highest BCUT2D eigenvalue weighted by Gasteiger charge is 2.36. The lowest BCUT2D eigenvalue weighted by molar-refractivity contribution is -0.154. The van der Waals surface area contributed by atoms with E-state index in [1.165, 1.54) is 0 Å². The van der Waals surface area contributed by atoms with Gasteiger partial charge in [-0.05, 0) is 11.8 Å². The number of hydrogen-bond donors (Lipinski definition) is 1. The quantitative estimate of drug-likeness (QED) is 0.753. The molecule has 0 aromatic carbocycles. The highest BCUT2D eigenvalue weighted by molar-refractivity contribution is 5.90. The molecule has 1 heterocycles. The van der Waals surface area contributed by atoms with Gasteiger partial charge in [0.15, 0.2) is 5.78 Å². The number of carbonyl (C=O) groups excluding carboxylic acids is 2. The standard InChI is InChI=1S/C12H19NO5/c1-12(2,3)7-18-10(15)9-5-4-8(14)6-13(9)11(16)17/h9H,4-7H2,1-3H3,(H,16,17). The first kappa shape index (κ1) is 14.5. The van der Waals surface area contributed by atoms with Crippen LogP contribution in [0.1, 0.15) is 33.6 Å². The van der Waals surface area contributed by atoms with Crippen molar-refractivity contribution in [2.75, 3.05) is 13.2 Å². The second kappa shape index (κ2) is 5.37. The Morgan fingerprint density at radius 1 is 1.44 bits per heavy atom. The van der Waals surface area contributed by atoms with Gasteiger partial charge in [0.25, 0.3) is 0 Å². The number of likely N-dealkylation sites (tertiary alicyclic amines) is 1. The van der Waals surface area contributed by atoms with Crippen molar-refractivity contribution in [1.29, 1.82) is 0 Å². The Morgan fingerprint density at radius 2 is 2.06 bits per heavy atom. The number of carboxylic acid groups (broad SMARTS) is 1. The Kier molecular flexibility index (Phi) is 4.32. The van der Waals surface area contributed by atoms with Crippen LogP contribution < -0.4 is 0 Å². The van der Waals surface area contributed by atoms with Gasteiger partial charge in [0.05, 0.1) is 13.2 Å². The molecule has 0 aromatic rings. The number of Topliss-reactive ketones (excluding diaryl/α,β-unsaturated/α-hetero) is 1. The van der Waals surface area contributed by atoms with Crippen molar-refractivity contribution in [2.24, 2.45) is 5.41 Å². The summed E-state index contributed by atoms with van der Waals surface area (Å²) in [4.78, 5) is 34.9. The molecule has 0 aromatic heterocycles. The molecular weight excluding hydrogens is 238 g/mol. The maximum Gasteiger partial charge on any atom is 0.408 e. The van der Waals surface area contributed by atoms with Crippen LogP contribution >= 0.6 is 0 Å². The van der Waals surface area contributed by atoms with Gasteiger partial charge in [-0.15, -0.1) is 0 Å². The number of rotatable bonds is 2. The fourth-order valence-electron chi connectivity index (χ4n) is 1.66. The van der Waals surface area contributed by atoms with E-state index in [9.17, 15) is 14.4 Å². The smallest absolute Gasteiger partial charge is 0.408 e. The van der Waals surface area contributed by atoms with Crippen LogP contribution in [0, 0.1) is 5.41 Å². The van der Waals surface area contributed by atoms with Gasteiger partial charge in [0.1, 0.15) is 6.04 Å². The molecule has 1 aliphatic heterocycles. The minimum absolute atomic E-state index is 0.169. The molecule has 0 spiro atoms. The zero-order valence-corrected chi connectivity index (χ0v) is 10.9. The van der Waals surface area contributed by atoms with E-state index in [1.807, 2.05) is 20.8 Å². The first-order valence-corrected chi connectivity index (χ1v) is 5.88. The van der Waals surface area contributed by atoms with Crippen molar-refractivity contribution < 1.29 is 24.2 Å². The SMILES string of the molecule is CC(C)(C)COC(=O)C1CCC(=O)CN1C(=O)O. The third-order valence-corrected chi connectivity index (χ3v) is 2.58. The zero-order chi connectivity index (χ0) is 13.9. The number of piperidine rings is 1. The molecule has 0 aliphatic carbocycles. The molecular formula is C12H19NO5. The molecule has 18 heavy (non-hydrogen) atoms. The average Bonchev–Trinajstić information content (AvgIpc) is 2.24. The molecule has 6 nitrogen and oxygen atoms in total. The number of hydrogen-bond acceptors (Lipinski definition) is 4. The van der Waals surface area contributed by atoms with Gasteiger partial charge < -0.3 is 9.84 Å². The van der Waals surface area contributed by atoms with Crippen LogP contribution in [0.2, 0.25) is 0 Å². The minimum Gasteiger partial charge on any atom is -0.465 e. The first-order chi connectivity index (χ1) is 8.20. The molecule has 1 N–H and O–H groups in total. The van der Waals surface area contributed by atoms with Crippen LogP contribution in [-0.2, 0) is 14.3 Å². The Balaban J connectivity index is 2.65. The van der Waals surface area contributed by atoms with Crippen molar-refractivity contribution in [3.05, 3.63) is 0 Å². The molecule has 1 atom stereocenters. The molecule has 1 fully saturated rings. The van der Waals surface area contributed by atoms with E-state index in [4.69, 9.17) is 9.84 Å². The third kappa shape index (κ3) is 4.01. The van der Waals surface area contributed by atoms with E-state index in [1.54, 1.807) is 0 Å².